The fourth-order valence-corrected chi connectivity index (χ4v) is 6.54. The zero-order valence-electron chi connectivity index (χ0n) is 23.3. The van der Waals surface area contributed by atoms with Gasteiger partial charge in [-0.15, -0.1) is 0 Å². The number of fused-ring (bicyclic) bond motifs is 4. The van der Waals surface area contributed by atoms with Gasteiger partial charge < -0.3 is 14.2 Å². The Bertz CT molecular complexity index is 2180. The summed E-state index contributed by atoms with van der Waals surface area (Å²) in [6.07, 6.45) is 0. The third-order valence-electron chi connectivity index (χ3n) is 8.50. The van der Waals surface area contributed by atoms with E-state index in [2.05, 4.69) is 168 Å². The zero-order valence-corrected chi connectivity index (χ0v) is 23.3. The van der Waals surface area contributed by atoms with Crippen LogP contribution in [-0.4, -0.2) is 0 Å². The molecule has 0 aliphatic carbocycles. The van der Waals surface area contributed by atoms with Crippen LogP contribution in [-0.2, 0) is 0 Å². The summed E-state index contributed by atoms with van der Waals surface area (Å²) in [4.78, 5) is 4.65. The number of para-hydroxylation sites is 4. The molecule has 0 radical (unpaired) electrons. The van der Waals surface area contributed by atoms with Crippen molar-refractivity contribution in [2.45, 2.75) is 0 Å². The van der Waals surface area contributed by atoms with Gasteiger partial charge in [0.15, 0.2) is 11.2 Å². The first kappa shape index (κ1) is 23.9. The number of hydrogen-bond acceptors (Lipinski definition) is 3. The highest BCUT2D eigenvalue weighted by Gasteiger charge is 2.26. The standard InChI is InChI=1S/C40H26N2O/c1-3-13-31(14-4-1)41-33-24-30(29-22-21-27-11-7-8-12-28(27)23-29)25-34(26-33)42(32-15-5-2-6-16-32)38-20-10-18-36-35-17-9-19-37(41)39(35)43-40(36)38/h1-26H. The van der Waals surface area contributed by atoms with Crippen LogP contribution in [0.25, 0.3) is 43.8 Å². The zero-order chi connectivity index (χ0) is 28.3. The van der Waals surface area contributed by atoms with E-state index in [1.807, 2.05) is 0 Å². The normalized spacial score (nSPS) is 12.6. The number of hydrogen-bond donors (Lipinski definition) is 0. The lowest BCUT2D eigenvalue weighted by Gasteiger charge is -2.30. The van der Waals surface area contributed by atoms with E-state index in [1.54, 1.807) is 0 Å². The van der Waals surface area contributed by atoms with Gasteiger partial charge in [-0.1, -0.05) is 97.1 Å². The molecule has 0 spiro atoms. The van der Waals surface area contributed by atoms with Gasteiger partial charge in [-0.05, 0) is 82.6 Å². The lowest BCUT2D eigenvalue weighted by molar-refractivity contribution is 0.669. The molecule has 1 aromatic heterocycles. The second-order valence-electron chi connectivity index (χ2n) is 11.1. The Morgan fingerprint density at radius 2 is 0.884 bits per heavy atom. The quantitative estimate of drug-likeness (QED) is 0.218. The van der Waals surface area contributed by atoms with Crippen LogP contribution in [0.3, 0.4) is 0 Å². The molecule has 202 valence electrons. The van der Waals surface area contributed by atoms with Crippen LogP contribution >= 0.6 is 0 Å². The molecule has 3 nitrogen and oxygen atoms in total. The van der Waals surface area contributed by atoms with Crippen molar-refractivity contribution >= 4 is 66.8 Å². The number of benzene rings is 7. The topological polar surface area (TPSA) is 19.6 Å². The van der Waals surface area contributed by atoms with Gasteiger partial charge in [0.2, 0.25) is 0 Å². The van der Waals surface area contributed by atoms with Gasteiger partial charge in [0.05, 0.1) is 11.4 Å². The predicted octanol–water partition coefficient (Wildman–Crippen LogP) is 11.7. The highest BCUT2D eigenvalue weighted by atomic mass is 16.3. The Morgan fingerprint density at radius 3 is 1.47 bits per heavy atom. The first-order valence-corrected chi connectivity index (χ1v) is 14.6. The van der Waals surface area contributed by atoms with Gasteiger partial charge in [-0.2, -0.15) is 0 Å². The maximum atomic E-state index is 6.86. The minimum absolute atomic E-state index is 0.876. The number of rotatable bonds is 3. The molecule has 0 atom stereocenters. The minimum Gasteiger partial charge on any atom is -0.452 e. The summed E-state index contributed by atoms with van der Waals surface area (Å²) >= 11 is 0. The Kier molecular flexibility index (Phi) is 5.20. The van der Waals surface area contributed by atoms with Crippen molar-refractivity contribution in [2.75, 3.05) is 9.80 Å². The third kappa shape index (κ3) is 3.75. The van der Waals surface area contributed by atoms with Crippen LogP contribution in [0.1, 0.15) is 0 Å². The van der Waals surface area contributed by atoms with E-state index in [0.717, 1.165) is 61.6 Å². The number of furan rings is 1. The molecule has 9 rings (SSSR count). The van der Waals surface area contributed by atoms with E-state index in [9.17, 15) is 0 Å². The molecule has 0 saturated heterocycles. The van der Waals surface area contributed by atoms with Crippen LogP contribution in [0.5, 0.6) is 0 Å². The summed E-state index contributed by atoms with van der Waals surface area (Å²) in [5.41, 5.74) is 10.4. The third-order valence-corrected chi connectivity index (χ3v) is 8.50. The molecular weight excluding hydrogens is 524 g/mol. The van der Waals surface area contributed by atoms with E-state index in [0.29, 0.717) is 0 Å². The van der Waals surface area contributed by atoms with Crippen molar-refractivity contribution < 1.29 is 4.42 Å². The maximum absolute atomic E-state index is 6.86. The summed E-state index contributed by atoms with van der Waals surface area (Å²) in [5.74, 6) is 0. The van der Waals surface area contributed by atoms with Gasteiger partial charge in [-0.25, -0.2) is 0 Å². The first-order chi connectivity index (χ1) is 21.3. The Balaban J connectivity index is 1.42. The molecule has 4 bridgehead atoms. The second kappa shape index (κ2) is 9.37. The Labute approximate surface area is 249 Å². The molecular formula is C40H26N2O. The fraction of sp³-hybridized carbons (Fsp3) is 0. The van der Waals surface area contributed by atoms with Crippen molar-refractivity contribution in [3.8, 4) is 11.1 Å². The lowest BCUT2D eigenvalue weighted by atomic mass is 9.99. The summed E-state index contributed by atoms with van der Waals surface area (Å²) in [7, 11) is 0. The van der Waals surface area contributed by atoms with E-state index in [4.69, 9.17) is 4.42 Å². The first-order valence-electron chi connectivity index (χ1n) is 14.6. The second-order valence-corrected chi connectivity index (χ2v) is 11.1. The molecule has 1 aliphatic rings. The van der Waals surface area contributed by atoms with Crippen molar-refractivity contribution in [1.82, 2.24) is 0 Å². The van der Waals surface area contributed by atoms with Crippen molar-refractivity contribution in [1.29, 1.82) is 0 Å². The van der Waals surface area contributed by atoms with Crippen molar-refractivity contribution in [2.24, 2.45) is 0 Å². The van der Waals surface area contributed by atoms with Crippen molar-refractivity contribution in [3.63, 3.8) is 0 Å². The van der Waals surface area contributed by atoms with Crippen LogP contribution in [0.15, 0.2) is 162 Å². The van der Waals surface area contributed by atoms with E-state index < -0.39 is 0 Å². The summed E-state index contributed by atoms with van der Waals surface area (Å²) in [6, 6.07) is 56.3. The highest BCUT2D eigenvalue weighted by Crippen LogP contribution is 2.49. The van der Waals surface area contributed by atoms with Gasteiger partial charge in [0.25, 0.3) is 0 Å². The summed E-state index contributed by atoms with van der Waals surface area (Å²) in [5, 5.41) is 4.67. The van der Waals surface area contributed by atoms with Crippen molar-refractivity contribution in [3.05, 3.63) is 158 Å². The van der Waals surface area contributed by atoms with E-state index >= 15 is 0 Å². The Morgan fingerprint density at radius 1 is 0.349 bits per heavy atom. The molecule has 0 saturated carbocycles. The largest absolute Gasteiger partial charge is 0.452 e. The Hall–Kier alpha value is -5.80. The smallest absolute Gasteiger partial charge is 0.159 e. The lowest BCUT2D eigenvalue weighted by Crippen LogP contribution is -2.14. The average Bonchev–Trinajstić information content (AvgIpc) is 3.46. The predicted molar refractivity (Wildman–Crippen MR) is 180 cm³/mol. The molecule has 43 heavy (non-hydrogen) atoms. The highest BCUT2D eigenvalue weighted by molar-refractivity contribution is 6.14. The fourth-order valence-electron chi connectivity index (χ4n) is 6.54. The molecule has 7 aromatic carbocycles. The molecule has 0 amide bonds. The molecule has 3 heteroatoms. The average molecular weight is 551 g/mol. The van der Waals surface area contributed by atoms with Crippen LogP contribution in [0.4, 0.5) is 34.1 Å². The molecule has 0 N–H and O–H groups in total. The number of anilines is 6. The molecule has 8 aromatic rings. The minimum atomic E-state index is 0.876. The monoisotopic (exact) mass is 550 g/mol. The molecule has 0 unspecified atom stereocenters. The van der Waals surface area contributed by atoms with Gasteiger partial charge in [-0.3, -0.25) is 0 Å². The molecule has 0 fully saturated rings. The molecule has 1 aliphatic heterocycles. The van der Waals surface area contributed by atoms with Gasteiger partial charge in [0.1, 0.15) is 0 Å². The van der Waals surface area contributed by atoms with Gasteiger partial charge >= 0.3 is 0 Å². The SMILES string of the molecule is c1ccc(N2c3cc(-c4ccc5ccccc5c4)cc(c3)N(c3ccccc3)c3cccc4c3oc3c2cccc34)cc1. The van der Waals surface area contributed by atoms with Crippen LogP contribution in [0.2, 0.25) is 0 Å². The van der Waals surface area contributed by atoms with E-state index in [1.165, 1.54) is 16.3 Å². The summed E-state index contributed by atoms with van der Waals surface area (Å²) < 4.78 is 6.86. The van der Waals surface area contributed by atoms with Crippen LogP contribution < -0.4 is 9.80 Å². The van der Waals surface area contributed by atoms with Crippen LogP contribution in [0, 0.1) is 0 Å². The summed E-state index contributed by atoms with van der Waals surface area (Å²) in [6.45, 7) is 0. The van der Waals surface area contributed by atoms with Gasteiger partial charge in [0, 0.05) is 33.5 Å². The van der Waals surface area contributed by atoms with E-state index in [-0.39, 0.29) is 0 Å². The number of nitrogens with zero attached hydrogens (tertiary/aromatic N) is 2. The molecule has 2 heterocycles. The maximum Gasteiger partial charge on any atom is 0.159 e.